The van der Waals surface area contributed by atoms with Gasteiger partial charge in [-0.2, -0.15) is 10.5 Å². The molecule has 0 aliphatic heterocycles. The van der Waals surface area contributed by atoms with Crippen molar-refractivity contribution >= 4 is 6.21 Å². The van der Waals surface area contributed by atoms with Crippen LogP contribution < -0.4 is 0 Å². The molecule has 0 aromatic rings. The molecule has 0 spiro atoms. The van der Waals surface area contributed by atoms with Crippen molar-refractivity contribution in [3.8, 4) is 12.1 Å². The highest BCUT2D eigenvalue weighted by Gasteiger charge is 2.00. The molecule has 88 valence electrons. The van der Waals surface area contributed by atoms with Crippen molar-refractivity contribution in [2.75, 3.05) is 0 Å². The molecule has 0 aliphatic rings. The van der Waals surface area contributed by atoms with Crippen LogP contribution in [0.5, 0.6) is 0 Å². The molecule has 0 aliphatic carbocycles. The predicted molar refractivity (Wildman–Crippen MR) is 70.5 cm³/mol. The maximum Gasteiger partial charge on any atom is 0.149 e. The number of hydrogen-bond donors (Lipinski definition) is 0. The minimum absolute atomic E-state index is 0.132. The quantitative estimate of drug-likeness (QED) is 0.534. The fraction of sp³-hybridized carbons (Fsp3) is 0.357. The average Bonchev–Trinajstić information content (AvgIpc) is 2.27. The van der Waals surface area contributed by atoms with Crippen LogP contribution in [0.1, 0.15) is 27.2 Å². The SMILES string of the molecule is CC(C)=C/C=C/C(C)=C/C=NC(C#N)CC#N. The molecule has 3 heteroatoms. The lowest BCUT2D eigenvalue weighted by molar-refractivity contribution is 0.863. The summed E-state index contributed by atoms with van der Waals surface area (Å²) in [7, 11) is 0. The van der Waals surface area contributed by atoms with Gasteiger partial charge >= 0.3 is 0 Å². The van der Waals surface area contributed by atoms with Crippen LogP contribution in [0.15, 0.2) is 40.4 Å². The molecule has 17 heavy (non-hydrogen) atoms. The van der Waals surface area contributed by atoms with Gasteiger partial charge in [0.05, 0.1) is 18.6 Å². The molecular weight excluding hydrogens is 210 g/mol. The van der Waals surface area contributed by atoms with Crippen molar-refractivity contribution in [1.82, 2.24) is 0 Å². The minimum atomic E-state index is -0.564. The Hall–Kier alpha value is -2.13. The zero-order chi connectivity index (χ0) is 13.1. The van der Waals surface area contributed by atoms with Gasteiger partial charge in [-0.05, 0) is 32.4 Å². The van der Waals surface area contributed by atoms with E-state index in [-0.39, 0.29) is 6.42 Å². The third-order valence-corrected chi connectivity index (χ3v) is 1.83. The second-order valence-corrected chi connectivity index (χ2v) is 3.82. The molecule has 0 radical (unpaired) electrons. The molecule has 0 saturated heterocycles. The number of aliphatic imine (C=N–C) groups is 1. The zero-order valence-electron chi connectivity index (χ0n) is 10.5. The van der Waals surface area contributed by atoms with E-state index in [1.54, 1.807) is 6.21 Å². The van der Waals surface area contributed by atoms with Crippen LogP contribution in [0, 0.1) is 22.7 Å². The molecule has 0 heterocycles. The number of nitriles is 2. The van der Waals surface area contributed by atoms with E-state index in [1.165, 1.54) is 5.57 Å². The van der Waals surface area contributed by atoms with Gasteiger partial charge < -0.3 is 0 Å². The van der Waals surface area contributed by atoms with Gasteiger partial charge in [0.15, 0.2) is 0 Å². The molecule has 0 aromatic heterocycles. The van der Waals surface area contributed by atoms with E-state index in [4.69, 9.17) is 10.5 Å². The van der Waals surface area contributed by atoms with E-state index in [1.807, 2.05) is 57.2 Å². The van der Waals surface area contributed by atoms with E-state index in [9.17, 15) is 0 Å². The second kappa shape index (κ2) is 9.12. The lowest BCUT2D eigenvalue weighted by Gasteiger charge is -1.93. The van der Waals surface area contributed by atoms with E-state index < -0.39 is 6.04 Å². The van der Waals surface area contributed by atoms with Gasteiger partial charge in [-0.15, -0.1) is 0 Å². The van der Waals surface area contributed by atoms with Crippen molar-refractivity contribution in [2.45, 2.75) is 33.2 Å². The lowest BCUT2D eigenvalue weighted by atomic mass is 10.2. The molecule has 0 fully saturated rings. The van der Waals surface area contributed by atoms with Gasteiger partial charge in [0.2, 0.25) is 0 Å². The summed E-state index contributed by atoms with van der Waals surface area (Å²) in [5.41, 5.74) is 2.28. The lowest BCUT2D eigenvalue weighted by Crippen LogP contribution is -1.98. The van der Waals surface area contributed by atoms with E-state index in [0.29, 0.717) is 0 Å². The van der Waals surface area contributed by atoms with Crippen molar-refractivity contribution in [3.05, 3.63) is 35.5 Å². The zero-order valence-corrected chi connectivity index (χ0v) is 10.5. The van der Waals surface area contributed by atoms with Crippen molar-refractivity contribution in [3.63, 3.8) is 0 Å². The standard InChI is InChI=1S/C14H17N3/c1-12(2)5-4-6-13(3)8-10-17-14(11-16)7-9-15/h4-6,8,10,14H,7H2,1-3H3/b6-4+,13-8+,17-10?. The molecule has 0 aromatic carbocycles. The van der Waals surface area contributed by atoms with Crippen LogP contribution in [0.3, 0.4) is 0 Å². The van der Waals surface area contributed by atoms with Crippen LogP contribution in [0.2, 0.25) is 0 Å². The van der Waals surface area contributed by atoms with Crippen LogP contribution in [0.4, 0.5) is 0 Å². The van der Waals surface area contributed by atoms with Crippen LogP contribution in [-0.4, -0.2) is 12.3 Å². The summed E-state index contributed by atoms with van der Waals surface area (Å²) < 4.78 is 0. The van der Waals surface area contributed by atoms with Gasteiger partial charge in [0, 0.05) is 6.21 Å². The predicted octanol–water partition coefficient (Wildman–Crippen LogP) is 3.33. The maximum atomic E-state index is 8.67. The Morgan fingerprint density at radius 3 is 2.47 bits per heavy atom. The Morgan fingerprint density at radius 2 is 1.94 bits per heavy atom. The van der Waals surface area contributed by atoms with E-state index >= 15 is 0 Å². The second-order valence-electron chi connectivity index (χ2n) is 3.82. The molecule has 0 amide bonds. The van der Waals surface area contributed by atoms with Crippen molar-refractivity contribution in [1.29, 1.82) is 10.5 Å². The highest BCUT2D eigenvalue weighted by molar-refractivity contribution is 5.73. The summed E-state index contributed by atoms with van der Waals surface area (Å²) in [6.45, 7) is 6.02. The van der Waals surface area contributed by atoms with Crippen LogP contribution >= 0.6 is 0 Å². The Morgan fingerprint density at radius 1 is 1.24 bits per heavy atom. The Kier molecular flexibility index (Phi) is 7.98. The Bertz CT molecular complexity index is 421. The number of allylic oxidation sites excluding steroid dienone is 6. The van der Waals surface area contributed by atoms with E-state index in [2.05, 4.69) is 4.99 Å². The van der Waals surface area contributed by atoms with Gasteiger partial charge in [-0.1, -0.05) is 23.8 Å². The summed E-state index contributed by atoms with van der Waals surface area (Å²) in [4.78, 5) is 3.98. The first-order valence-electron chi connectivity index (χ1n) is 5.38. The number of rotatable bonds is 5. The Labute approximate surface area is 103 Å². The first-order valence-corrected chi connectivity index (χ1v) is 5.38. The largest absolute Gasteiger partial charge is 0.274 e. The highest BCUT2D eigenvalue weighted by atomic mass is 14.8. The third kappa shape index (κ3) is 8.84. The number of hydrogen-bond acceptors (Lipinski definition) is 3. The molecule has 0 rings (SSSR count). The van der Waals surface area contributed by atoms with E-state index in [0.717, 1.165) is 5.57 Å². The summed E-state index contributed by atoms with van der Waals surface area (Å²) >= 11 is 0. The average molecular weight is 227 g/mol. The first kappa shape index (κ1) is 14.9. The molecule has 1 atom stereocenters. The molecular formula is C14H17N3. The van der Waals surface area contributed by atoms with Crippen LogP contribution in [0.25, 0.3) is 0 Å². The maximum absolute atomic E-state index is 8.67. The minimum Gasteiger partial charge on any atom is -0.274 e. The van der Waals surface area contributed by atoms with Gasteiger partial charge in [0.1, 0.15) is 6.04 Å². The van der Waals surface area contributed by atoms with Crippen LogP contribution in [-0.2, 0) is 0 Å². The smallest absolute Gasteiger partial charge is 0.149 e. The summed E-state index contributed by atoms with van der Waals surface area (Å²) in [6.07, 6.45) is 9.47. The fourth-order valence-corrected chi connectivity index (χ4v) is 0.931. The summed E-state index contributed by atoms with van der Waals surface area (Å²) in [6, 6.07) is 3.32. The first-order chi connectivity index (χ1) is 8.10. The van der Waals surface area contributed by atoms with Gasteiger partial charge in [-0.25, -0.2) is 0 Å². The highest BCUT2D eigenvalue weighted by Crippen LogP contribution is 1.98. The fourth-order valence-electron chi connectivity index (χ4n) is 0.931. The Balaban J connectivity index is 4.38. The third-order valence-electron chi connectivity index (χ3n) is 1.83. The molecule has 1 unspecified atom stereocenters. The molecule has 3 nitrogen and oxygen atoms in total. The summed E-state index contributed by atoms with van der Waals surface area (Å²) in [5.74, 6) is 0. The van der Waals surface area contributed by atoms with Gasteiger partial charge in [-0.3, -0.25) is 4.99 Å². The molecule has 0 N–H and O–H groups in total. The molecule has 0 bridgehead atoms. The normalized spacial score (nSPS) is 13.4. The van der Waals surface area contributed by atoms with Crippen molar-refractivity contribution in [2.24, 2.45) is 4.99 Å². The molecule has 0 saturated carbocycles. The monoisotopic (exact) mass is 227 g/mol. The van der Waals surface area contributed by atoms with Gasteiger partial charge in [0.25, 0.3) is 0 Å². The summed E-state index contributed by atoms with van der Waals surface area (Å²) in [5, 5.41) is 17.1. The number of nitrogens with zero attached hydrogens (tertiary/aromatic N) is 3. The van der Waals surface area contributed by atoms with Crippen molar-refractivity contribution < 1.29 is 0 Å². The topological polar surface area (TPSA) is 59.9 Å².